The summed E-state index contributed by atoms with van der Waals surface area (Å²) in [4.78, 5) is 24.0. The summed E-state index contributed by atoms with van der Waals surface area (Å²) in [5.74, 6) is -0.677. The van der Waals surface area contributed by atoms with Gasteiger partial charge in [0.25, 0.3) is 5.91 Å². The normalized spacial score (nSPS) is 10.7. The van der Waals surface area contributed by atoms with Crippen LogP contribution in [0.3, 0.4) is 0 Å². The molecule has 0 aromatic heterocycles. The van der Waals surface area contributed by atoms with E-state index in [0.717, 1.165) is 4.47 Å². The summed E-state index contributed by atoms with van der Waals surface area (Å²) in [5, 5.41) is 15.6. The van der Waals surface area contributed by atoms with Crippen molar-refractivity contribution < 1.29 is 9.59 Å². The van der Waals surface area contributed by atoms with E-state index in [-0.39, 0.29) is 18.2 Å². The van der Waals surface area contributed by atoms with Gasteiger partial charge in [0, 0.05) is 15.7 Å². The van der Waals surface area contributed by atoms with Crippen molar-refractivity contribution in [3.05, 3.63) is 64.1 Å². The van der Waals surface area contributed by atoms with Crippen molar-refractivity contribution in [2.75, 3.05) is 5.32 Å². The fourth-order valence-corrected chi connectivity index (χ4v) is 2.23. The van der Waals surface area contributed by atoms with Gasteiger partial charge < -0.3 is 5.32 Å². The van der Waals surface area contributed by atoms with E-state index >= 15 is 0 Å². The van der Waals surface area contributed by atoms with Gasteiger partial charge in [0.05, 0.1) is 17.7 Å². The number of carbonyl (C=O) groups is 2. The van der Waals surface area contributed by atoms with Gasteiger partial charge in [-0.1, -0.05) is 28.1 Å². The first-order valence-electron chi connectivity index (χ1n) is 7.37. The highest BCUT2D eigenvalue weighted by molar-refractivity contribution is 9.10. The molecule has 0 saturated carbocycles. The number of carbonyl (C=O) groups excluding carboxylic acids is 2. The van der Waals surface area contributed by atoms with Crippen LogP contribution in [-0.4, -0.2) is 17.5 Å². The highest BCUT2D eigenvalue weighted by atomic mass is 79.9. The summed E-state index contributed by atoms with van der Waals surface area (Å²) in [6, 6.07) is 15.6. The molecule has 0 radical (unpaired) electrons. The van der Waals surface area contributed by atoms with Gasteiger partial charge >= 0.3 is 0 Å². The maximum Gasteiger partial charge on any atom is 0.271 e. The molecule has 2 N–H and O–H groups in total. The van der Waals surface area contributed by atoms with Crippen LogP contribution >= 0.6 is 15.9 Å². The van der Waals surface area contributed by atoms with Crippen molar-refractivity contribution >= 4 is 39.1 Å². The van der Waals surface area contributed by atoms with Gasteiger partial charge in [0.15, 0.2) is 0 Å². The summed E-state index contributed by atoms with van der Waals surface area (Å²) >= 11 is 3.30. The average Bonchev–Trinajstić information content (AvgIpc) is 2.60. The lowest BCUT2D eigenvalue weighted by molar-refractivity contribution is -0.115. The van der Waals surface area contributed by atoms with Gasteiger partial charge in [-0.2, -0.15) is 10.4 Å². The molecule has 0 spiro atoms. The number of nitrogens with zero attached hydrogens (tertiary/aromatic N) is 2. The first-order valence-corrected chi connectivity index (χ1v) is 8.17. The van der Waals surface area contributed by atoms with Crippen LogP contribution in [-0.2, 0) is 4.79 Å². The molecular formula is C18H15BrN4O2. The lowest BCUT2D eigenvalue weighted by Gasteiger charge is -2.07. The molecule has 2 aromatic carbocycles. The van der Waals surface area contributed by atoms with E-state index in [1.165, 1.54) is 0 Å². The molecule has 25 heavy (non-hydrogen) atoms. The molecule has 7 heteroatoms. The number of rotatable bonds is 5. The van der Waals surface area contributed by atoms with Gasteiger partial charge in [0.1, 0.15) is 6.07 Å². The Morgan fingerprint density at radius 2 is 1.84 bits per heavy atom. The average molecular weight is 399 g/mol. The number of halogens is 1. The second-order valence-corrected chi connectivity index (χ2v) is 6.09. The number of para-hydroxylation sites is 1. The van der Waals surface area contributed by atoms with E-state index < -0.39 is 0 Å². The number of hydrazone groups is 1. The zero-order valence-electron chi connectivity index (χ0n) is 13.4. The number of nitrogens with one attached hydrogen (secondary N) is 2. The van der Waals surface area contributed by atoms with Crippen molar-refractivity contribution in [2.24, 2.45) is 5.10 Å². The first kappa shape index (κ1) is 18.4. The topological polar surface area (TPSA) is 94.3 Å². The van der Waals surface area contributed by atoms with Gasteiger partial charge in [-0.3, -0.25) is 9.59 Å². The Morgan fingerprint density at radius 1 is 1.16 bits per heavy atom. The Kier molecular flexibility index (Phi) is 6.43. The highest BCUT2D eigenvalue weighted by Crippen LogP contribution is 2.14. The minimum Gasteiger partial charge on any atom is -0.325 e. The third-order valence-corrected chi connectivity index (χ3v) is 3.72. The molecule has 0 unspecified atom stereocenters. The second kappa shape index (κ2) is 8.76. The molecule has 126 valence electrons. The molecule has 2 rings (SSSR count). The quantitative estimate of drug-likeness (QED) is 0.596. The maximum atomic E-state index is 12.0. The Morgan fingerprint density at radius 3 is 2.52 bits per heavy atom. The molecule has 6 nitrogen and oxygen atoms in total. The van der Waals surface area contributed by atoms with Crippen molar-refractivity contribution in [2.45, 2.75) is 13.3 Å². The third kappa shape index (κ3) is 5.55. The maximum absolute atomic E-state index is 12.0. The van der Waals surface area contributed by atoms with Crippen LogP contribution < -0.4 is 10.7 Å². The largest absolute Gasteiger partial charge is 0.325 e. The summed E-state index contributed by atoms with van der Waals surface area (Å²) in [5.41, 5.74) is 4.15. The molecule has 0 heterocycles. The minimum absolute atomic E-state index is 0.000378. The minimum atomic E-state index is -0.359. The highest BCUT2D eigenvalue weighted by Gasteiger charge is 2.09. The first-order chi connectivity index (χ1) is 12.0. The van der Waals surface area contributed by atoms with E-state index in [2.05, 4.69) is 31.8 Å². The van der Waals surface area contributed by atoms with Gasteiger partial charge in [-0.05, 0) is 43.3 Å². The number of hydrogen-bond acceptors (Lipinski definition) is 4. The molecule has 0 aliphatic carbocycles. The van der Waals surface area contributed by atoms with Crippen LogP contribution in [0.2, 0.25) is 0 Å². The zero-order valence-corrected chi connectivity index (χ0v) is 15.0. The molecule has 0 atom stereocenters. The molecule has 0 aliphatic heterocycles. The summed E-state index contributed by atoms with van der Waals surface area (Å²) in [6.45, 7) is 1.64. The number of benzene rings is 2. The zero-order chi connectivity index (χ0) is 18.2. The van der Waals surface area contributed by atoms with E-state index in [9.17, 15) is 9.59 Å². The Balaban J connectivity index is 1.92. The standard InChI is InChI=1S/C18H15BrN4O2/c1-12(22-23-18(25)13-6-8-15(19)9-7-13)10-17(24)21-16-5-3-2-4-14(16)11-20/h2-9H,10H2,1H3,(H,21,24)(H,23,25)/b22-12+. The van der Waals surface area contributed by atoms with Crippen LogP contribution in [0, 0.1) is 11.3 Å². The monoisotopic (exact) mass is 398 g/mol. The van der Waals surface area contributed by atoms with Crippen molar-refractivity contribution in [3.8, 4) is 6.07 Å². The Bertz CT molecular complexity index is 854. The van der Waals surface area contributed by atoms with E-state index in [1.807, 2.05) is 6.07 Å². The Hall–Kier alpha value is -2.98. The molecule has 0 aliphatic rings. The molecule has 2 aromatic rings. The summed E-state index contributed by atoms with van der Waals surface area (Å²) < 4.78 is 0.873. The smallest absolute Gasteiger partial charge is 0.271 e. The lowest BCUT2D eigenvalue weighted by Crippen LogP contribution is -2.21. The fourth-order valence-electron chi connectivity index (χ4n) is 1.97. The van der Waals surface area contributed by atoms with Crippen LogP contribution in [0.4, 0.5) is 5.69 Å². The van der Waals surface area contributed by atoms with E-state index in [0.29, 0.717) is 22.5 Å². The molecule has 0 saturated heterocycles. The molecule has 2 amide bonds. The van der Waals surface area contributed by atoms with Crippen molar-refractivity contribution in [3.63, 3.8) is 0 Å². The summed E-state index contributed by atoms with van der Waals surface area (Å²) in [6.07, 6.45) is 0.000378. The fraction of sp³-hybridized carbons (Fsp3) is 0.111. The van der Waals surface area contributed by atoms with Crippen molar-refractivity contribution in [1.29, 1.82) is 5.26 Å². The summed E-state index contributed by atoms with van der Waals surface area (Å²) in [7, 11) is 0. The van der Waals surface area contributed by atoms with Gasteiger partial charge in [-0.15, -0.1) is 0 Å². The SMILES string of the molecule is C/C(CC(=O)Nc1ccccc1C#N)=N\NC(=O)c1ccc(Br)cc1. The number of nitriles is 1. The molecular weight excluding hydrogens is 384 g/mol. The molecule has 0 fully saturated rings. The molecule has 0 bridgehead atoms. The number of amides is 2. The van der Waals surface area contributed by atoms with E-state index in [1.54, 1.807) is 55.5 Å². The predicted octanol–water partition coefficient (Wildman–Crippen LogP) is 3.46. The second-order valence-electron chi connectivity index (χ2n) is 5.18. The van der Waals surface area contributed by atoms with Gasteiger partial charge in [-0.25, -0.2) is 5.43 Å². The van der Waals surface area contributed by atoms with E-state index in [4.69, 9.17) is 5.26 Å². The number of hydrogen-bond donors (Lipinski definition) is 2. The van der Waals surface area contributed by atoms with Crippen molar-refractivity contribution in [1.82, 2.24) is 5.43 Å². The third-order valence-electron chi connectivity index (χ3n) is 3.19. The number of anilines is 1. The van der Waals surface area contributed by atoms with Crippen LogP contribution in [0.5, 0.6) is 0 Å². The lowest BCUT2D eigenvalue weighted by atomic mass is 10.2. The Labute approximate surface area is 153 Å². The van der Waals surface area contributed by atoms with Gasteiger partial charge in [0.2, 0.25) is 5.91 Å². The van der Waals surface area contributed by atoms with Crippen LogP contribution in [0.1, 0.15) is 29.3 Å². The van der Waals surface area contributed by atoms with Crippen LogP contribution in [0.25, 0.3) is 0 Å². The predicted molar refractivity (Wildman–Crippen MR) is 99.1 cm³/mol. The van der Waals surface area contributed by atoms with Crippen LogP contribution in [0.15, 0.2) is 58.1 Å².